The van der Waals surface area contributed by atoms with Gasteiger partial charge in [-0.25, -0.2) is 4.39 Å². The zero-order valence-corrected chi connectivity index (χ0v) is 10.9. The van der Waals surface area contributed by atoms with Gasteiger partial charge in [-0.2, -0.15) is 0 Å². The molecule has 2 aromatic carbocycles. The molecule has 0 saturated carbocycles. The molecule has 2 aromatic rings. The van der Waals surface area contributed by atoms with Crippen molar-refractivity contribution in [3.05, 3.63) is 70.7 Å². The summed E-state index contributed by atoms with van der Waals surface area (Å²) in [5.41, 5.74) is 1.33. The van der Waals surface area contributed by atoms with Crippen molar-refractivity contribution >= 4 is 23.2 Å². The first-order valence-electron chi connectivity index (χ1n) is 5.87. The van der Waals surface area contributed by atoms with Crippen LogP contribution < -0.4 is 10.1 Å². The van der Waals surface area contributed by atoms with Gasteiger partial charge in [0.1, 0.15) is 17.8 Å². The van der Waals surface area contributed by atoms with Crippen molar-refractivity contribution in [1.29, 1.82) is 0 Å². The van der Waals surface area contributed by atoms with E-state index in [2.05, 4.69) is 5.32 Å². The van der Waals surface area contributed by atoms with Gasteiger partial charge in [0, 0.05) is 10.6 Å². The standard InChI is InChI=1S/C15H9ClFNO2/c16-10-3-1-2-9(6-10)13-8-20-14-5-4-11(17)7-12(14)15(19)18-13/h1-8H,(H,18,19). The van der Waals surface area contributed by atoms with Crippen LogP contribution in [0.25, 0.3) is 5.70 Å². The highest BCUT2D eigenvalue weighted by atomic mass is 35.5. The fraction of sp³-hybridized carbons (Fsp3) is 0. The van der Waals surface area contributed by atoms with Crippen LogP contribution in [0.1, 0.15) is 15.9 Å². The van der Waals surface area contributed by atoms with Crippen LogP contribution in [0, 0.1) is 5.82 Å². The molecule has 1 heterocycles. The first-order valence-corrected chi connectivity index (χ1v) is 6.25. The minimum absolute atomic E-state index is 0.151. The van der Waals surface area contributed by atoms with Gasteiger partial charge in [-0.05, 0) is 30.3 Å². The van der Waals surface area contributed by atoms with Crippen molar-refractivity contribution in [3.63, 3.8) is 0 Å². The minimum atomic E-state index is -0.492. The Morgan fingerprint density at radius 2 is 2.00 bits per heavy atom. The number of fused-ring (bicyclic) bond motifs is 1. The van der Waals surface area contributed by atoms with Crippen molar-refractivity contribution in [1.82, 2.24) is 5.32 Å². The van der Waals surface area contributed by atoms with E-state index in [4.69, 9.17) is 16.3 Å². The predicted molar refractivity (Wildman–Crippen MR) is 73.9 cm³/mol. The Morgan fingerprint density at radius 3 is 2.80 bits per heavy atom. The van der Waals surface area contributed by atoms with Gasteiger partial charge < -0.3 is 10.1 Å². The SMILES string of the molecule is O=C1NC(c2cccc(Cl)c2)=COc2ccc(F)cc21. The molecule has 0 bridgehead atoms. The second-order valence-corrected chi connectivity index (χ2v) is 4.69. The number of ether oxygens (including phenoxy) is 1. The second kappa shape index (κ2) is 4.98. The quantitative estimate of drug-likeness (QED) is 0.871. The van der Waals surface area contributed by atoms with Gasteiger partial charge >= 0.3 is 0 Å². The van der Waals surface area contributed by atoms with Crippen molar-refractivity contribution in [3.8, 4) is 5.75 Å². The molecule has 100 valence electrons. The van der Waals surface area contributed by atoms with Gasteiger partial charge in [-0.15, -0.1) is 0 Å². The van der Waals surface area contributed by atoms with E-state index in [0.717, 1.165) is 6.07 Å². The van der Waals surface area contributed by atoms with E-state index in [1.165, 1.54) is 18.4 Å². The normalized spacial score (nSPS) is 13.7. The Kier molecular flexibility index (Phi) is 3.16. The van der Waals surface area contributed by atoms with Crippen LogP contribution in [0.2, 0.25) is 5.02 Å². The molecule has 1 N–H and O–H groups in total. The second-order valence-electron chi connectivity index (χ2n) is 4.25. The van der Waals surface area contributed by atoms with Crippen LogP contribution in [0.3, 0.4) is 0 Å². The number of benzene rings is 2. The molecule has 1 aliphatic rings. The molecule has 0 atom stereocenters. The van der Waals surface area contributed by atoms with Crippen molar-refractivity contribution < 1.29 is 13.9 Å². The van der Waals surface area contributed by atoms with Crippen molar-refractivity contribution in [2.24, 2.45) is 0 Å². The molecule has 5 heteroatoms. The number of hydrogen-bond donors (Lipinski definition) is 1. The van der Waals surface area contributed by atoms with E-state index >= 15 is 0 Å². The van der Waals surface area contributed by atoms with Crippen LogP contribution in [0.15, 0.2) is 48.7 Å². The van der Waals surface area contributed by atoms with Crippen molar-refractivity contribution in [2.75, 3.05) is 0 Å². The third-order valence-electron chi connectivity index (χ3n) is 2.87. The molecule has 3 rings (SSSR count). The summed E-state index contributed by atoms with van der Waals surface area (Å²) in [4.78, 5) is 12.1. The Morgan fingerprint density at radius 1 is 1.15 bits per heavy atom. The van der Waals surface area contributed by atoms with Gasteiger partial charge in [0.15, 0.2) is 0 Å². The summed E-state index contributed by atoms with van der Waals surface area (Å²) in [7, 11) is 0. The Hall–Kier alpha value is -2.33. The van der Waals surface area contributed by atoms with Gasteiger partial charge in [0.05, 0.1) is 11.3 Å². The fourth-order valence-corrected chi connectivity index (χ4v) is 2.11. The Labute approximate surface area is 119 Å². The molecule has 1 amide bonds. The number of hydrogen-bond acceptors (Lipinski definition) is 2. The lowest BCUT2D eigenvalue weighted by Crippen LogP contribution is -2.20. The molecular weight excluding hydrogens is 281 g/mol. The van der Waals surface area contributed by atoms with E-state index in [9.17, 15) is 9.18 Å². The predicted octanol–water partition coefficient (Wildman–Crippen LogP) is 3.60. The van der Waals surface area contributed by atoms with Gasteiger partial charge in [0.25, 0.3) is 5.91 Å². The molecule has 0 aliphatic carbocycles. The lowest BCUT2D eigenvalue weighted by atomic mass is 10.1. The molecule has 0 aromatic heterocycles. The Bertz CT molecular complexity index is 728. The van der Waals surface area contributed by atoms with E-state index in [0.29, 0.717) is 22.0 Å². The average Bonchev–Trinajstić information content (AvgIpc) is 2.59. The summed E-state index contributed by atoms with van der Waals surface area (Å²) < 4.78 is 18.6. The third-order valence-corrected chi connectivity index (χ3v) is 3.11. The molecule has 20 heavy (non-hydrogen) atoms. The molecule has 0 spiro atoms. The maximum atomic E-state index is 13.2. The van der Waals surface area contributed by atoms with E-state index in [-0.39, 0.29) is 5.56 Å². The number of nitrogens with one attached hydrogen (secondary N) is 1. The third kappa shape index (κ3) is 2.38. The highest BCUT2D eigenvalue weighted by Gasteiger charge is 2.19. The van der Waals surface area contributed by atoms with E-state index in [1.807, 2.05) is 0 Å². The van der Waals surface area contributed by atoms with Crippen molar-refractivity contribution in [2.45, 2.75) is 0 Å². The summed E-state index contributed by atoms with van der Waals surface area (Å²) in [5, 5.41) is 3.22. The molecule has 0 unspecified atom stereocenters. The lowest BCUT2D eigenvalue weighted by Gasteiger charge is -2.07. The van der Waals surface area contributed by atoms with Gasteiger partial charge in [0.2, 0.25) is 0 Å². The lowest BCUT2D eigenvalue weighted by molar-refractivity contribution is 0.0973. The minimum Gasteiger partial charge on any atom is -0.462 e. The number of carbonyl (C=O) groups is 1. The van der Waals surface area contributed by atoms with Crippen LogP contribution >= 0.6 is 11.6 Å². The summed E-state index contributed by atoms with van der Waals surface area (Å²) in [5.74, 6) is -0.613. The number of halogens is 2. The molecule has 0 fully saturated rings. The first kappa shape index (κ1) is 12.7. The highest BCUT2D eigenvalue weighted by Crippen LogP contribution is 2.26. The Balaban J connectivity index is 2.00. The zero-order valence-electron chi connectivity index (χ0n) is 10.2. The van der Waals surface area contributed by atoms with Crippen LogP contribution in [-0.4, -0.2) is 5.91 Å². The summed E-state index contributed by atoms with van der Waals surface area (Å²) in [6.07, 6.45) is 1.41. The van der Waals surface area contributed by atoms with Crippen LogP contribution in [0.5, 0.6) is 5.75 Å². The van der Waals surface area contributed by atoms with Gasteiger partial charge in [-0.3, -0.25) is 4.79 Å². The highest BCUT2D eigenvalue weighted by molar-refractivity contribution is 6.30. The molecule has 1 aliphatic heterocycles. The number of amides is 1. The smallest absolute Gasteiger partial charge is 0.259 e. The van der Waals surface area contributed by atoms with Crippen LogP contribution in [0.4, 0.5) is 4.39 Å². The molecule has 3 nitrogen and oxygen atoms in total. The zero-order chi connectivity index (χ0) is 14.1. The van der Waals surface area contributed by atoms with Gasteiger partial charge in [-0.1, -0.05) is 23.7 Å². The average molecular weight is 290 g/mol. The summed E-state index contributed by atoms with van der Waals surface area (Å²) in [6, 6.07) is 10.8. The number of carbonyl (C=O) groups excluding carboxylic acids is 1. The molecular formula is C15H9ClFNO2. The molecule has 0 saturated heterocycles. The first-order chi connectivity index (χ1) is 9.63. The maximum Gasteiger partial charge on any atom is 0.259 e. The maximum absolute atomic E-state index is 13.2. The van der Waals surface area contributed by atoms with E-state index < -0.39 is 11.7 Å². The largest absolute Gasteiger partial charge is 0.462 e. The summed E-state index contributed by atoms with van der Waals surface area (Å²) in [6.45, 7) is 0. The topological polar surface area (TPSA) is 38.3 Å². The van der Waals surface area contributed by atoms with Crippen LogP contribution in [-0.2, 0) is 0 Å². The van der Waals surface area contributed by atoms with E-state index in [1.54, 1.807) is 24.3 Å². The monoisotopic (exact) mass is 289 g/mol. The fourth-order valence-electron chi connectivity index (χ4n) is 1.92. The summed E-state index contributed by atoms with van der Waals surface area (Å²) >= 11 is 5.92. The molecule has 0 radical (unpaired) electrons. The number of rotatable bonds is 1.